The Morgan fingerprint density at radius 3 is 1.66 bits per heavy atom. The lowest BCUT2D eigenvalue weighted by Crippen LogP contribution is -2.11. The van der Waals surface area contributed by atoms with Gasteiger partial charge in [-0.1, -0.05) is 164 Å². The van der Waals surface area contributed by atoms with Crippen molar-refractivity contribution < 1.29 is 0 Å². The second-order valence-electron chi connectivity index (χ2n) is 15.7. The molecule has 12 aromatic rings. The molecule has 0 spiro atoms. The molecule has 0 radical (unpaired) electrons. The molecule has 2 aromatic heterocycles. The molecule has 3 heteroatoms. The molecule has 0 N–H and O–H groups in total. The lowest BCUT2D eigenvalue weighted by molar-refractivity contribution is 1.18. The van der Waals surface area contributed by atoms with Gasteiger partial charge in [-0.15, -0.1) is 11.3 Å². The highest BCUT2D eigenvalue weighted by molar-refractivity contribution is 7.25. The molecule has 2 heterocycles. The summed E-state index contributed by atoms with van der Waals surface area (Å²) in [5, 5.41) is 7.64. The van der Waals surface area contributed by atoms with Crippen LogP contribution in [-0.2, 0) is 0 Å². The summed E-state index contributed by atoms with van der Waals surface area (Å²) in [6.07, 6.45) is 0. The van der Waals surface area contributed by atoms with Crippen LogP contribution in [0.2, 0.25) is 0 Å². The van der Waals surface area contributed by atoms with Crippen LogP contribution in [0.1, 0.15) is 0 Å². The van der Waals surface area contributed by atoms with Gasteiger partial charge in [0, 0.05) is 53.6 Å². The Labute approximate surface area is 358 Å². The molecule has 0 atom stereocenters. The fraction of sp³-hybridized carbons (Fsp3) is 0. The second kappa shape index (κ2) is 14.5. The maximum absolute atomic E-state index is 2.42. The van der Waals surface area contributed by atoms with Gasteiger partial charge in [-0.05, 0) is 105 Å². The number of thiophene rings is 1. The molecule has 0 bridgehead atoms. The summed E-state index contributed by atoms with van der Waals surface area (Å²) in [6, 6.07) is 84.2. The SMILES string of the molecule is c1cc(-c2ccc(N(c3ccc(-c4cccc5ccccc45)cc3)c3ccccc3-c3cccc4sc5ccccc5c34)cc2)cc(-n2c3ccccc3c3ccccc32)c1. The Bertz CT molecular complexity index is 3530. The van der Waals surface area contributed by atoms with Crippen LogP contribution >= 0.6 is 11.3 Å². The van der Waals surface area contributed by atoms with E-state index in [1.807, 2.05) is 11.3 Å². The first-order valence-corrected chi connectivity index (χ1v) is 21.7. The number of nitrogens with zero attached hydrogens (tertiary/aromatic N) is 2. The molecule has 0 amide bonds. The van der Waals surface area contributed by atoms with Crippen LogP contribution in [0.5, 0.6) is 0 Å². The van der Waals surface area contributed by atoms with Crippen LogP contribution in [0.15, 0.2) is 231 Å². The van der Waals surface area contributed by atoms with Crippen LogP contribution in [0.4, 0.5) is 17.1 Å². The van der Waals surface area contributed by atoms with E-state index in [2.05, 4.69) is 240 Å². The van der Waals surface area contributed by atoms with E-state index >= 15 is 0 Å². The molecular weight excluding hydrogens is 757 g/mol. The quantitative estimate of drug-likeness (QED) is 0.156. The highest BCUT2D eigenvalue weighted by Crippen LogP contribution is 2.46. The Kier molecular flexibility index (Phi) is 8.39. The highest BCUT2D eigenvalue weighted by atomic mass is 32.1. The summed E-state index contributed by atoms with van der Waals surface area (Å²) < 4.78 is 4.99. The van der Waals surface area contributed by atoms with Crippen LogP contribution in [0, 0.1) is 0 Å². The van der Waals surface area contributed by atoms with Crippen molar-refractivity contribution in [3.05, 3.63) is 231 Å². The summed E-state index contributed by atoms with van der Waals surface area (Å²) in [5.74, 6) is 0. The number of anilines is 3. The number of benzene rings is 10. The van der Waals surface area contributed by atoms with Crippen LogP contribution in [0.3, 0.4) is 0 Å². The first-order chi connectivity index (χ1) is 30.3. The molecule has 10 aromatic carbocycles. The van der Waals surface area contributed by atoms with Crippen molar-refractivity contribution in [3.63, 3.8) is 0 Å². The normalized spacial score (nSPS) is 11.6. The first kappa shape index (κ1) is 35.2. The largest absolute Gasteiger partial charge is 0.310 e. The topological polar surface area (TPSA) is 8.17 Å². The summed E-state index contributed by atoms with van der Waals surface area (Å²) >= 11 is 1.86. The van der Waals surface area contributed by atoms with Crippen molar-refractivity contribution in [2.24, 2.45) is 0 Å². The molecule has 0 fully saturated rings. The third kappa shape index (κ3) is 5.93. The van der Waals surface area contributed by atoms with E-state index in [9.17, 15) is 0 Å². The van der Waals surface area contributed by atoms with Gasteiger partial charge in [0.25, 0.3) is 0 Å². The number of aromatic nitrogens is 1. The van der Waals surface area contributed by atoms with Gasteiger partial charge in [0.05, 0.1) is 16.7 Å². The van der Waals surface area contributed by atoms with Gasteiger partial charge in [0.2, 0.25) is 0 Å². The second-order valence-corrected chi connectivity index (χ2v) is 16.8. The average Bonchev–Trinajstić information content (AvgIpc) is 3.88. The summed E-state index contributed by atoms with van der Waals surface area (Å²) in [5.41, 5.74) is 14.1. The molecule has 286 valence electrons. The van der Waals surface area contributed by atoms with E-state index in [-0.39, 0.29) is 0 Å². The van der Waals surface area contributed by atoms with Gasteiger partial charge in [-0.25, -0.2) is 0 Å². The standard InChI is InChI=1S/C58H38N2S/c1-2-18-46-40(14-1)15-12-23-47(46)41-32-36-44(37-33-41)59(53-25-7-5-21-50(53)51-24-13-29-57-58(51)52-22-6-10-28-56(52)61-57)43-34-30-39(31-35-43)42-16-11-17-45(38-42)60-54-26-8-3-19-48(54)49-20-4-9-27-55(49)60/h1-38H. The average molecular weight is 795 g/mol. The minimum atomic E-state index is 1.09. The number of hydrogen-bond donors (Lipinski definition) is 0. The van der Waals surface area contributed by atoms with Crippen LogP contribution in [0.25, 0.3) is 91.8 Å². The van der Waals surface area contributed by atoms with E-state index in [1.165, 1.54) is 86.1 Å². The van der Waals surface area contributed by atoms with Crippen molar-refractivity contribution in [2.75, 3.05) is 4.90 Å². The number of fused-ring (bicyclic) bond motifs is 7. The van der Waals surface area contributed by atoms with Gasteiger partial charge in [-0.2, -0.15) is 0 Å². The molecule has 61 heavy (non-hydrogen) atoms. The van der Waals surface area contributed by atoms with E-state index in [0.29, 0.717) is 0 Å². The predicted molar refractivity (Wildman–Crippen MR) is 262 cm³/mol. The van der Waals surface area contributed by atoms with Crippen molar-refractivity contribution in [1.82, 2.24) is 4.57 Å². The fourth-order valence-electron chi connectivity index (χ4n) is 9.42. The van der Waals surface area contributed by atoms with Gasteiger partial charge in [-0.3, -0.25) is 0 Å². The highest BCUT2D eigenvalue weighted by Gasteiger charge is 2.20. The van der Waals surface area contributed by atoms with Crippen molar-refractivity contribution in [2.45, 2.75) is 0 Å². The molecule has 0 aliphatic rings. The smallest absolute Gasteiger partial charge is 0.0541 e. The van der Waals surface area contributed by atoms with Crippen molar-refractivity contribution >= 4 is 81.1 Å². The minimum absolute atomic E-state index is 1.09. The Morgan fingerprint density at radius 1 is 0.344 bits per heavy atom. The van der Waals surface area contributed by atoms with Crippen molar-refractivity contribution in [3.8, 4) is 39.1 Å². The maximum Gasteiger partial charge on any atom is 0.0541 e. The van der Waals surface area contributed by atoms with E-state index < -0.39 is 0 Å². The number of rotatable bonds is 7. The summed E-state index contributed by atoms with van der Waals surface area (Å²) in [4.78, 5) is 2.42. The number of para-hydroxylation sites is 3. The summed E-state index contributed by atoms with van der Waals surface area (Å²) in [6.45, 7) is 0. The van der Waals surface area contributed by atoms with Crippen LogP contribution < -0.4 is 4.90 Å². The third-order valence-electron chi connectivity index (χ3n) is 12.2. The van der Waals surface area contributed by atoms with E-state index in [1.54, 1.807) is 0 Å². The first-order valence-electron chi connectivity index (χ1n) is 20.8. The van der Waals surface area contributed by atoms with Gasteiger partial charge < -0.3 is 9.47 Å². The fourth-order valence-corrected chi connectivity index (χ4v) is 10.6. The van der Waals surface area contributed by atoms with Gasteiger partial charge in [0.1, 0.15) is 0 Å². The maximum atomic E-state index is 2.42. The minimum Gasteiger partial charge on any atom is -0.310 e. The monoisotopic (exact) mass is 794 g/mol. The molecule has 0 aliphatic heterocycles. The molecule has 0 aliphatic carbocycles. The van der Waals surface area contributed by atoms with Gasteiger partial charge in [0.15, 0.2) is 0 Å². The molecule has 2 nitrogen and oxygen atoms in total. The molecule has 0 unspecified atom stereocenters. The molecule has 12 rings (SSSR count). The van der Waals surface area contributed by atoms with Crippen LogP contribution in [-0.4, -0.2) is 4.57 Å². The lowest BCUT2D eigenvalue weighted by atomic mass is 9.96. The number of hydrogen-bond acceptors (Lipinski definition) is 2. The summed E-state index contributed by atoms with van der Waals surface area (Å²) in [7, 11) is 0. The molecular formula is C58H38N2S. The zero-order valence-electron chi connectivity index (χ0n) is 33.2. The van der Waals surface area contributed by atoms with E-state index in [4.69, 9.17) is 0 Å². The predicted octanol–water partition coefficient (Wildman–Crippen LogP) is 16.8. The Morgan fingerprint density at radius 2 is 0.885 bits per heavy atom. The third-order valence-corrected chi connectivity index (χ3v) is 13.3. The lowest BCUT2D eigenvalue weighted by Gasteiger charge is -2.28. The molecule has 0 saturated carbocycles. The Balaban J connectivity index is 0.994. The molecule has 0 saturated heterocycles. The zero-order valence-corrected chi connectivity index (χ0v) is 34.1. The van der Waals surface area contributed by atoms with Crippen molar-refractivity contribution in [1.29, 1.82) is 0 Å². The zero-order chi connectivity index (χ0) is 40.3. The van der Waals surface area contributed by atoms with E-state index in [0.717, 1.165) is 22.7 Å². The Hall–Kier alpha value is -7.72. The van der Waals surface area contributed by atoms with Gasteiger partial charge >= 0.3 is 0 Å².